The SMILES string of the molecule is CC(N/C(=C\[N+](=O)[O-])Nc1cc(Cl)cc(Cl)c1)C(C)(C)C. The first kappa shape index (κ1) is 17.6. The lowest BCUT2D eigenvalue weighted by molar-refractivity contribution is -0.403. The first-order valence-electron chi connectivity index (χ1n) is 6.43. The number of nitrogens with zero attached hydrogens (tertiary/aromatic N) is 1. The lowest BCUT2D eigenvalue weighted by atomic mass is 9.88. The van der Waals surface area contributed by atoms with Crippen LogP contribution in [0.25, 0.3) is 0 Å². The Hall–Kier alpha value is -1.46. The summed E-state index contributed by atoms with van der Waals surface area (Å²) in [6, 6.07) is 4.90. The Kier molecular flexibility index (Phi) is 5.87. The third kappa shape index (κ3) is 6.23. The van der Waals surface area contributed by atoms with E-state index in [0.29, 0.717) is 15.7 Å². The highest BCUT2D eigenvalue weighted by Gasteiger charge is 2.21. The van der Waals surface area contributed by atoms with Crippen LogP contribution in [0.3, 0.4) is 0 Å². The molecule has 0 aromatic heterocycles. The molecule has 1 aromatic rings. The molecule has 1 rings (SSSR count). The van der Waals surface area contributed by atoms with Gasteiger partial charge in [0, 0.05) is 21.8 Å². The van der Waals surface area contributed by atoms with Crippen LogP contribution in [0.4, 0.5) is 5.69 Å². The average molecular weight is 332 g/mol. The van der Waals surface area contributed by atoms with E-state index in [4.69, 9.17) is 23.2 Å². The molecule has 0 saturated carbocycles. The standard InChI is InChI=1S/C14H19Cl2N3O2/c1-9(14(2,3)4)17-13(8-19(20)21)18-12-6-10(15)5-11(16)7-12/h5-9,17-18H,1-4H3/b13-8+. The first-order valence-corrected chi connectivity index (χ1v) is 7.18. The van der Waals surface area contributed by atoms with Gasteiger partial charge >= 0.3 is 0 Å². The highest BCUT2D eigenvalue weighted by atomic mass is 35.5. The fraction of sp³-hybridized carbons (Fsp3) is 0.429. The predicted molar refractivity (Wildman–Crippen MR) is 87.2 cm³/mol. The van der Waals surface area contributed by atoms with Crippen molar-refractivity contribution < 1.29 is 4.92 Å². The Morgan fingerprint density at radius 1 is 1.29 bits per heavy atom. The second-order valence-electron chi connectivity index (χ2n) is 5.84. The van der Waals surface area contributed by atoms with Gasteiger partial charge in [-0.05, 0) is 30.5 Å². The molecule has 116 valence electrons. The Balaban J connectivity index is 2.97. The van der Waals surface area contributed by atoms with Gasteiger partial charge in [-0.3, -0.25) is 10.1 Å². The molecule has 21 heavy (non-hydrogen) atoms. The monoisotopic (exact) mass is 331 g/mol. The van der Waals surface area contributed by atoms with Crippen molar-refractivity contribution in [3.63, 3.8) is 0 Å². The maximum Gasteiger partial charge on any atom is 0.274 e. The van der Waals surface area contributed by atoms with E-state index in [2.05, 4.69) is 10.6 Å². The molecule has 1 aromatic carbocycles. The van der Waals surface area contributed by atoms with Crippen LogP contribution in [-0.4, -0.2) is 11.0 Å². The van der Waals surface area contributed by atoms with Crippen molar-refractivity contribution in [2.75, 3.05) is 5.32 Å². The molecule has 0 spiro atoms. The second kappa shape index (κ2) is 7.00. The van der Waals surface area contributed by atoms with Crippen LogP contribution < -0.4 is 10.6 Å². The van der Waals surface area contributed by atoms with E-state index in [1.165, 1.54) is 0 Å². The van der Waals surface area contributed by atoms with Crippen molar-refractivity contribution in [1.82, 2.24) is 5.32 Å². The van der Waals surface area contributed by atoms with Crippen molar-refractivity contribution in [2.24, 2.45) is 5.41 Å². The normalized spacial score (nSPS) is 13.7. The smallest absolute Gasteiger partial charge is 0.274 e. The van der Waals surface area contributed by atoms with Gasteiger partial charge in [-0.2, -0.15) is 0 Å². The molecule has 1 unspecified atom stereocenters. The van der Waals surface area contributed by atoms with Crippen LogP contribution >= 0.6 is 23.2 Å². The molecule has 0 aliphatic heterocycles. The summed E-state index contributed by atoms with van der Waals surface area (Å²) in [7, 11) is 0. The van der Waals surface area contributed by atoms with E-state index >= 15 is 0 Å². The van der Waals surface area contributed by atoms with Crippen molar-refractivity contribution in [3.05, 3.63) is 50.4 Å². The summed E-state index contributed by atoms with van der Waals surface area (Å²) < 4.78 is 0. The van der Waals surface area contributed by atoms with Crippen LogP contribution in [0, 0.1) is 15.5 Å². The highest BCUT2D eigenvalue weighted by Crippen LogP contribution is 2.24. The quantitative estimate of drug-likeness (QED) is 0.615. The Morgan fingerprint density at radius 3 is 2.24 bits per heavy atom. The minimum Gasteiger partial charge on any atom is -0.363 e. The summed E-state index contributed by atoms with van der Waals surface area (Å²) in [5, 5.41) is 17.7. The van der Waals surface area contributed by atoms with Crippen LogP contribution in [0.2, 0.25) is 10.0 Å². The number of hydrogen-bond donors (Lipinski definition) is 2. The molecule has 0 radical (unpaired) electrons. The molecular formula is C14H19Cl2N3O2. The lowest BCUT2D eigenvalue weighted by Gasteiger charge is -2.29. The predicted octanol–water partition coefficient (Wildman–Crippen LogP) is 4.51. The van der Waals surface area contributed by atoms with Gasteiger partial charge in [0.1, 0.15) is 0 Å². The largest absolute Gasteiger partial charge is 0.363 e. The summed E-state index contributed by atoms with van der Waals surface area (Å²) in [6.45, 7) is 8.10. The molecule has 0 aliphatic carbocycles. The molecule has 0 saturated heterocycles. The topological polar surface area (TPSA) is 67.2 Å². The average Bonchev–Trinajstić information content (AvgIpc) is 2.24. The summed E-state index contributed by atoms with van der Waals surface area (Å²) in [4.78, 5) is 10.2. The number of halogens is 2. The zero-order valence-electron chi connectivity index (χ0n) is 12.4. The van der Waals surface area contributed by atoms with Crippen molar-refractivity contribution in [2.45, 2.75) is 33.7 Å². The van der Waals surface area contributed by atoms with Crippen molar-refractivity contribution in [1.29, 1.82) is 0 Å². The minimum atomic E-state index is -0.517. The van der Waals surface area contributed by atoms with Gasteiger partial charge in [0.25, 0.3) is 6.20 Å². The van der Waals surface area contributed by atoms with E-state index < -0.39 is 4.92 Å². The molecular weight excluding hydrogens is 313 g/mol. The maximum absolute atomic E-state index is 10.8. The summed E-state index contributed by atoms with van der Waals surface area (Å²) >= 11 is 11.8. The lowest BCUT2D eigenvalue weighted by Crippen LogP contribution is -2.39. The van der Waals surface area contributed by atoms with Gasteiger partial charge in [0.15, 0.2) is 5.82 Å². The molecule has 1 atom stereocenters. The molecule has 2 N–H and O–H groups in total. The van der Waals surface area contributed by atoms with Gasteiger partial charge in [0.05, 0.1) is 4.92 Å². The van der Waals surface area contributed by atoms with Gasteiger partial charge < -0.3 is 10.6 Å². The van der Waals surface area contributed by atoms with E-state index in [1.54, 1.807) is 18.2 Å². The number of rotatable bonds is 5. The van der Waals surface area contributed by atoms with Crippen molar-refractivity contribution >= 4 is 28.9 Å². The van der Waals surface area contributed by atoms with E-state index in [9.17, 15) is 10.1 Å². The Morgan fingerprint density at radius 2 is 1.81 bits per heavy atom. The number of anilines is 1. The summed E-state index contributed by atoms with van der Waals surface area (Å²) in [6.07, 6.45) is 0.886. The molecule has 7 heteroatoms. The number of benzene rings is 1. The van der Waals surface area contributed by atoms with E-state index in [0.717, 1.165) is 6.20 Å². The fourth-order valence-corrected chi connectivity index (χ4v) is 1.97. The van der Waals surface area contributed by atoms with E-state index in [-0.39, 0.29) is 17.3 Å². The Labute approximate surface area is 134 Å². The molecule has 0 bridgehead atoms. The maximum atomic E-state index is 10.8. The summed E-state index contributed by atoms with van der Waals surface area (Å²) in [5.74, 6) is 0.278. The molecule has 0 heterocycles. The zero-order valence-corrected chi connectivity index (χ0v) is 13.9. The van der Waals surface area contributed by atoms with Crippen molar-refractivity contribution in [3.8, 4) is 0 Å². The van der Waals surface area contributed by atoms with Gasteiger partial charge in [-0.1, -0.05) is 44.0 Å². The molecule has 0 fully saturated rings. The first-order chi connectivity index (χ1) is 9.57. The number of nitro groups is 1. The number of hydrogen-bond acceptors (Lipinski definition) is 4. The third-order valence-electron chi connectivity index (χ3n) is 3.05. The van der Waals surface area contributed by atoms with Crippen LogP contribution in [-0.2, 0) is 0 Å². The Bertz CT molecular complexity index is 533. The van der Waals surface area contributed by atoms with Gasteiger partial charge in [-0.25, -0.2) is 0 Å². The third-order valence-corrected chi connectivity index (χ3v) is 3.48. The second-order valence-corrected chi connectivity index (χ2v) is 6.72. The molecule has 5 nitrogen and oxygen atoms in total. The van der Waals surface area contributed by atoms with Crippen LogP contribution in [0.15, 0.2) is 30.2 Å². The molecule has 0 aliphatic rings. The molecule has 0 amide bonds. The summed E-state index contributed by atoms with van der Waals surface area (Å²) in [5.41, 5.74) is 0.526. The van der Waals surface area contributed by atoms with E-state index in [1.807, 2.05) is 27.7 Å². The highest BCUT2D eigenvalue weighted by molar-refractivity contribution is 6.35. The number of nitrogens with one attached hydrogen (secondary N) is 2. The van der Waals surface area contributed by atoms with Gasteiger partial charge in [0.2, 0.25) is 0 Å². The van der Waals surface area contributed by atoms with Gasteiger partial charge in [-0.15, -0.1) is 0 Å². The van der Waals surface area contributed by atoms with Crippen LogP contribution in [0.1, 0.15) is 27.7 Å². The minimum absolute atomic E-state index is 0.0193. The van der Waals surface area contributed by atoms with Crippen LogP contribution in [0.5, 0.6) is 0 Å². The fourth-order valence-electron chi connectivity index (χ4n) is 1.44. The zero-order chi connectivity index (χ0) is 16.2.